The third kappa shape index (κ3) is 1.53. The van der Waals surface area contributed by atoms with Crippen molar-refractivity contribution in [2.75, 3.05) is 0 Å². The Hall–Kier alpha value is -1.64. The molecule has 72 valence electrons. The Labute approximate surface area is 83.4 Å². The zero-order valence-corrected chi connectivity index (χ0v) is 8.44. The number of nitrogens with zero attached hydrogens (tertiary/aromatic N) is 3. The Balaban J connectivity index is 2.43. The molecule has 1 heterocycles. The predicted molar refractivity (Wildman–Crippen MR) is 55.8 cm³/mol. The van der Waals surface area contributed by atoms with Crippen LogP contribution in [-0.2, 0) is 13.5 Å². The predicted octanol–water partition coefficient (Wildman–Crippen LogP) is 2.04. The van der Waals surface area contributed by atoms with Crippen LogP contribution in [0, 0.1) is 0 Å². The van der Waals surface area contributed by atoms with Gasteiger partial charge in [0.25, 0.3) is 0 Å². The maximum Gasteiger partial charge on any atom is 0.181 e. The Morgan fingerprint density at radius 2 is 1.93 bits per heavy atom. The molecule has 0 aliphatic rings. The van der Waals surface area contributed by atoms with Crippen molar-refractivity contribution in [3.63, 3.8) is 0 Å². The highest BCUT2D eigenvalue weighted by molar-refractivity contribution is 5.53. The van der Waals surface area contributed by atoms with Gasteiger partial charge in [0.1, 0.15) is 5.82 Å². The number of benzene rings is 1. The van der Waals surface area contributed by atoms with E-state index < -0.39 is 0 Å². The molecule has 0 aliphatic carbocycles. The van der Waals surface area contributed by atoms with Crippen LogP contribution in [0.1, 0.15) is 12.7 Å². The quantitative estimate of drug-likeness (QED) is 0.720. The van der Waals surface area contributed by atoms with Gasteiger partial charge in [0.05, 0.1) is 0 Å². The van der Waals surface area contributed by atoms with Gasteiger partial charge in [0.15, 0.2) is 5.82 Å². The van der Waals surface area contributed by atoms with Crippen molar-refractivity contribution in [3.05, 3.63) is 36.2 Å². The fraction of sp³-hybridized carbons (Fsp3) is 0.273. The minimum Gasteiger partial charge on any atom is -0.253 e. The highest BCUT2D eigenvalue weighted by Gasteiger charge is 2.06. The highest BCUT2D eigenvalue weighted by Crippen LogP contribution is 2.14. The standard InChI is InChI=1S/C11H13N3/c1-3-10-12-11(13-14(10)2)9-7-5-4-6-8-9/h4-8H,3H2,1-2H3. The van der Waals surface area contributed by atoms with E-state index in [4.69, 9.17) is 0 Å². The average Bonchev–Trinajstić information content (AvgIpc) is 2.61. The first-order valence-corrected chi connectivity index (χ1v) is 4.76. The molecule has 0 unspecified atom stereocenters. The normalized spacial score (nSPS) is 10.4. The topological polar surface area (TPSA) is 30.7 Å². The summed E-state index contributed by atoms with van der Waals surface area (Å²) < 4.78 is 1.84. The van der Waals surface area contributed by atoms with Gasteiger partial charge in [-0.15, -0.1) is 0 Å². The van der Waals surface area contributed by atoms with Crippen molar-refractivity contribution >= 4 is 0 Å². The molecule has 3 nitrogen and oxygen atoms in total. The molecule has 2 aromatic rings. The van der Waals surface area contributed by atoms with E-state index in [0.717, 1.165) is 23.6 Å². The lowest BCUT2D eigenvalue weighted by atomic mass is 10.2. The summed E-state index contributed by atoms with van der Waals surface area (Å²) in [5, 5.41) is 4.36. The van der Waals surface area contributed by atoms with Crippen molar-refractivity contribution in [1.29, 1.82) is 0 Å². The SMILES string of the molecule is CCc1nc(-c2ccccc2)nn1C. The maximum absolute atomic E-state index is 4.45. The molecule has 0 amide bonds. The van der Waals surface area contributed by atoms with Gasteiger partial charge in [0.2, 0.25) is 0 Å². The van der Waals surface area contributed by atoms with Gasteiger partial charge >= 0.3 is 0 Å². The number of aromatic nitrogens is 3. The lowest BCUT2D eigenvalue weighted by Gasteiger charge is -1.91. The van der Waals surface area contributed by atoms with E-state index in [0.29, 0.717) is 0 Å². The van der Waals surface area contributed by atoms with Crippen LogP contribution in [0.3, 0.4) is 0 Å². The summed E-state index contributed by atoms with van der Waals surface area (Å²) in [6.45, 7) is 2.08. The van der Waals surface area contributed by atoms with Gasteiger partial charge in [0, 0.05) is 19.0 Å². The molecule has 0 fully saturated rings. The van der Waals surface area contributed by atoms with E-state index in [9.17, 15) is 0 Å². The molecular weight excluding hydrogens is 174 g/mol. The lowest BCUT2D eigenvalue weighted by molar-refractivity contribution is 0.710. The average molecular weight is 187 g/mol. The second kappa shape index (κ2) is 3.62. The third-order valence-corrected chi connectivity index (χ3v) is 2.20. The largest absolute Gasteiger partial charge is 0.253 e. The minimum absolute atomic E-state index is 0.810. The van der Waals surface area contributed by atoms with Crippen molar-refractivity contribution < 1.29 is 0 Å². The van der Waals surface area contributed by atoms with Gasteiger partial charge in [-0.1, -0.05) is 37.3 Å². The van der Waals surface area contributed by atoms with E-state index in [2.05, 4.69) is 17.0 Å². The number of rotatable bonds is 2. The molecule has 0 bridgehead atoms. The Kier molecular flexibility index (Phi) is 2.31. The first kappa shape index (κ1) is 8.94. The molecule has 0 saturated heterocycles. The molecule has 0 N–H and O–H groups in total. The van der Waals surface area contributed by atoms with Gasteiger partial charge in [-0.25, -0.2) is 4.98 Å². The van der Waals surface area contributed by atoms with E-state index in [1.165, 1.54) is 0 Å². The first-order chi connectivity index (χ1) is 6.81. The number of hydrogen-bond donors (Lipinski definition) is 0. The summed E-state index contributed by atoms with van der Waals surface area (Å²) >= 11 is 0. The smallest absolute Gasteiger partial charge is 0.181 e. The fourth-order valence-corrected chi connectivity index (χ4v) is 1.43. The van der Waals surface area contributed by atoms with Crippen LogP contribution < -0.4 is 0 Å². The summed E-state index contributed by atoms with van der Waals surface area (Å²) in [6.07, 6.45) is 0.913. The summed E-state index contributed by atoms with van der Waals surface area (Å²) in [6, 6.07) is 10.0. The van der Waals surface area contributed by atoms with Crippen LogP contribution in [0.5, 0.6) is 0 Å². The van der Waals surface area contributed by atoms with Crippen LogP contribution >= 0.6 is 0 Å². The van der Waals surface area contributed by atoms with E-state index >= 15 is 0 Å². The van der Waals surface area contributed by atoms with Crippen LogP contribution in [0.25, 0.3) is 11.4 Å². The molecule has 1 aromatic heterocycles. The van der Waals surface area contributed by atoms with Crippen molar-refractivity contribution in [2.45, 2.75) is 13.3 Å². The van der Waals surface area contributed by atoms with E-state index in [1.807, 2.05) is 42.1 Å². The van der Waals surface area contributed by atoms with Crippen LogP contribution in [0.2, 0.25) is 0 Å². The van der Waals surface area contributed by atoms with Gasteiger partial charge in [-0.05, 0) is 0 Å². The van der Waals surface area contributed by atoms with Gasteiger partial charge in [-0.2, -0.15) is 5.10 Å². The van der Waals surface area contributed by atoms with Crippen LogP contribution in [0.15, 0.2) is 30.3 Å². The van der Waals surface area contributed by atoms with E-state index in [-0.39, 0.29) is 0 Å². The molecule has 0 spiro atoms. The first-order valence-electron chi connectivity index (χ1n) is 4.76. The Bertz CT molecular complexity index is 417. The maximum atomic E-state index is 4.45. The minimum atomic E-state index is 0.810. The summed E-state index contributed by atoms with van der Waals surface area (Å²) in [5.41, 5.74) is 1.07. The molecular formula is C11H13N3. The van der Waals surface area contributed by atoms with Crippen molar-refractivity contribution in [1.82, 2.24) is 14.8 Å². The Morgan fingerprint density at radius 1 is 1.21 bits per heavy atom. The molecule has 14 heavy (non-hydrogen) atoms. The summed E-state index contributed by atoms with van der Waals surface area (Å²) in [4.78, 5) is 4.45. The molecule has 2 rings (SSSR count). The third-order valence-electron chi connectivity index (χ3n) is 2.20. The zero-order chi connectivity index (χ0) is 9.97. The fourth-order valence-electron chi connectivity index (χ4n) is 1.43. The highest BCUT2D eigenvalue weighted by atomic mass is 15.3. The molecule has 0 radical (unpaired) electrons. The van der Waals surface area contributed by atoms with Crippen molar-refractivity contribution in [3.8, 4) is 11.4 Å². The lowest BCUT2D eigenvalue weighted by Crippen LogP contribution is -1.96. The number of hydrogen-bond acceptors (Lipinski definition) is 2. The van der Waals surface area contributed by atoms with Crippen LogP contribution in [0.4, 0.5) is 0 Å². The molecule has 0 aliphatic heterocycles. The number of aryl methyl sites for hydroxylation is 2. The zero-order valence-electron chi connectivity index (χ0n) is 8.44. The Morgan fingerprint density at radius 3 is 2.50 bits per heavy atom. The second-order valence-electron chi connectivity index (χ2n) is 3.19. The van der Waals surface area contributed by atoms with E-state index in [1.54, 1.807) is 0 Å². The van der Waals surface area contributed by atoms with Gasteiger partial charge in [-0.3, -0.25) is 4.68 Å². The van der Waals surface area contributed by atoms with Gasteiger partial charge < -0.3 is 0 Å². The second-order valence-corrected chi connectivity index (χ2v) is 3.19. The molecule has 0 atom stereocenters. The summed E-state index contributed by atoms with van der Waals surface area (Å²) in [5.74, 6) is 1.83. The monoisotopic (exact) mass is 187 g/mol. The summed E-state index contributed by atoms with van der Waals surface area (Å²) in [7, 11) is 1.93. The molecule has 3 heteroatoms. The van der Waals surface area contributed by atoms with Crippen LogP contribution in [-0.4, -0.2) is 14.8 Å². The molecule has 1 aromatic carbocycles. The molecule has 0 saturated carbocycles. The van der Waals surface area contributed by atoms with Crippen molar-refractivity contribution in [2.24, 2.45) is 7.05 Å².